The zero-order chi connectivity index (χ0) is 21.2. The van der Waals surface area contributed by atoms with Crippen LogP contribution >= 0.6 is 11.8 Å². The third kappa shape index (κ3) is 8.67. The predicted octanol–water partition coefficient (Wildman–Crippen LogP) is 4.01. The largest absolute Gasteiger partial charge is 0.481 e. The fourth-order valence-electron chi connectivity index (χ4n) is 4.36. The Kier molecular flexibility index (Phi) is 10.5. The second-order valence-electron chi connectivity index (χ2n) is 8.40. The number of aliphatic carboxylic acids is 1. The number of carbonyl (C=O) groups is 1. The Morgan fingerprint density at radius 1 is 1.10 bits per heavy atom. The van der Waals surface area contributed by atoms with Crippen LogP contribution < -0.4 is 0 Å². The van der Waals surface area contributed by atoms with Gasteiger partial charge in [-0.1, -0.05) is 37.0 Å². The van der Waals surface area contributed by atoms with Gasteiger partial charge in [-0.3, -0.25) is 4.79 Å². The van der Waals surface area contributed by atoms with E-state index in [1.807, 2.05) is 12.1 Å². The predicted molar refractivity (Wildman–Crippen MR) is 116 cm³/mol. The van der Waals surface area contributed by atoms with Crippen LogP contribution in [0, 0.1) is 18.8 Å². The molecule has 0 aromatic heterocycles. The highest BCUT2D eigenvalue weighted by atomic mass is 32.2. The Labute approximate surface area is 178 Å². The van der Waals surface area contributed by atoms with Gasteiger partial charge in [0.25, 0.3) is 0 Å². The highest BCUT2D eigenvalue weighted by Crippen LogP contribution is 2.39. The second kappa shape index (κ2) is 12.6. The molecule has 5 atom stereocenters. The summed E-state index contributed by atoms with van der Waals surface area (Å²) in [6.07, 6.45) is 4.90. The molecule has 164 valence electrons. The van der Waals surface area contributed by atoms with Crippen molar-refractivity contribution >= 4 is 17.7 Å². The molecule has 6 heteroatoms. The van der Waals surface area contributed by atoms with Crippen LogP contribution in [0.25, 0.3) is 0 Å². The maximum Gasteiger partial charge on any atom is 0.303 e. The van der Waals surface area contributed by atoms with Crippen LogP contribution in [0.15, 0.2) is 29.2 Å². The van der Waals surface area contributed by atoms with Crippen LogP contribution in [-0.2, 0) is 4.79 Å². The van der Waals surface area contributed by atoms with E-state index in [1.165, 1.54) is 5.56 Å². The van der Waals surface area contributed by atoms with Crippen molar-refractivity contribution in [3.05, 3.63) is 29.8 Å². The number of aliphatic hydroxyl groups excluding tert-OH is 3. The molecule has 29 heavy (non-hydrogen) atoms. The SMILES string of the molecule is Cc1cccc(SCC(O)CC[C@@H]2C(CCCCCCC(=O)O)[C@@H](O)C[C@H]2O)c1. The van der Waals surface area contributed by atoms with Crippen LogP contribution in [-0.4, -0.2) is 50.5 Å². The molecule has 0 heterocycles. The molecule has 0 spiro atoms. The molecule has 0 radical (unpaired) electrons. The number of thioether (sulfide) groups is 1. The number of benzene rings is 1. The van der Waals surface area contributed by atoms with Crippen LogP contribution in [0.3, 0.4) is 0 Å². The van der Waals surface area contributed by atoms with Gasteiger partial charge in [-0.2, -0.15) is 0 Å². The van der Waals surface area contributed by atoms with Gasteiger partial charge in [0, 0.05) is 17.1 Å². The fourth-order valence-corrected chi connectivity index (χ4v) is 5.35. The molecule has 1 aromatic carbocycles. The Morgan fingerprint density at radius 2 is 1.79 bits per heavy atom. The van der Waals surface area contributed by atoms with Gasteiger partial charge in [0.2, 0.25) is 0 Å². The summed E-state index contributed by atoms with van der Waals surface area (Å²) in [5.41, 5.74) is 1.21. The highest BCUT2D eigenvalue weighted by Gasteiger charge is 2.40. The van der Waals surface area contributed by atoms with E-state index in [-0.39, 0.29) is 18.3 Å². The van der Waals surface area contributed by atoms with Crippen LogP contribution in [0.2, 0.25) is 0 Å². The quantitative estimate of drug-likeness (QED) is 0.282. The number of rotatable bonds is 13. The molecular weight excluding hydrogens is 388 g/mol. The summed E-state index contributed by atoms with van der Waals surface area (Å²) in [5.74, 6) is -0.0226. The summed E-state index contributed by atoms with van der Waals surface area (Å²) in [7, 11) is 0. The van der Waals surface area contributed by atoms with Crippen LogP contribution in [0.1, 0.15) is 63.4 Å². The molecule has 1 aromatic rings. The normalized spacial score (nSPS) is 25.2. The van der Waals surface area contributed by atoms with Crippen LogP contribution in [0.5, 0.6) is 0 Å². The molecule has 2 rings (SSSR count). The van der Waals surface area contributed by atoms with E-state index in [1.54, 1.807) is 11.8 Å². The smallest absolute Gasteiger partial charge is 0.303 e. The Morgan fingerprint density at radius 3 is 2.48 bits per heavy atom. The molecule has 2 unspecified atom stereocenters. The van der Waals surface area contributed by atoms with Crippen molar-refractivity contribution in [2.75, 3.05) is 5.75 Å². The second-order valence-corrected chi connectivity index (χ2v) is 9.50. The highest BCUT2D eigenvalue weighted by molar-refractivity contribution is 7.99. The van der Waals surface area contributed by atoms with E-state index in [0.717, 1.165) is 37.0 Å². The molecule has 1 fully saturated rings. The minimum atomic E-state index is -0.751. The molecule has 0 amide bonds. The molecule has 4 N–H and O–H groups in total. The number of carboxylic acid groups (broad SMARTS) is 1. The first-order valence-electron chi connectivity index (χ1n) is 10.8. The molecule has 5 nitrogen and oxygen atoms in total. The zero-order valence-electron chi connectivity index (χ0n) is 17.4. The maximum atomic E-state index is 10.5. The number of aryl methyl sites for hydroxylation is 1. The molecule has 0 bridgehead atoms. The van der Waals surface area contributed by atoms with Crippen LogP contribution in [0.4, 0.5) is 0 Å². The summed E-state index contributed by atoms with van der Waals surface area (Å²) >= 11 is 1.65. The lowest BCUT2D eigenvalue weighted by atomic mass is 9.85. The Balaban J connectivity index is 1.71. The number of hydrogen-bond donors (Lipinski definition) is 4. The summed E-state index contributed by atoms with van der Waals surface area (Å²) in [6, 6.07) is 8.24. The summed E-state index contributed by atoms with van der Waals surface area (Å²) < 4.78 is 0. The minimum Gasteiger partial charge on any atom is -0.481 e. The first kappa shape index (κ1) is 24.2. The molecule has 1 aliphatic carbocycles. The zero-order valence-corrected chi connectivity index (χ0v) is 18.2. The minimum absolute atomic E-state index is 0.0302. The van der Waals surface area contributed by atoms with Gasteiger partial charge < -0.3 is 20.4 Å². The molecule has 1 aliphatic rings. The lowest BCUT2D eigenvalue weighted by molar-refractivity contribution is -0.137. The number of hydrogen-bond acceptors (Lipinski definition) is 5. The first-order chi connectivity index (χ1) is 13.9. The molecule has 1 saturated carbocycles. The van der Waals surface area contributed by atoms with Gasteiger partial charge in [-0.15, -0.1) is 11.8 Å². The molecular formula is C23H36O5S. The molecule has 0 aliphatic heterocycles. The van der Waals surface area contributed by atoms with E-state index < -0.39 is 24.3 Å². The summed E-state index contributed by atoms with van der Waals surface area (Å²) in [5, 5.41) is 39.8. The van der Waals surface area contributed by atoms with Gasteiger partial charge in [0.1, 0.15) is 0 Å². The van der Waals surface area contributed by atoms with Gasteiger partial charge in [-0.25, -0.2) is 0 Å². The van der Waals surface area contributed by atoms with E-state index in [4.69, 9.17) is 5.11 Å². The van der Waals surface area contributed by atoms with Crippen molar-refractivity contribution in [1.82, 2.24) is 0 Å². The number of unbranched alkanes of at least 4 members (excludes halogenated alkanes) is 3. The lowest BCUT2D eigenvalue weighted by Gasteiger charge is -2.24. The lowest BCUT2D eigenvalue weighted by Crippen LogP contribution is -2.24. The van der Waals surface area contributed by atoms with Crippen molar-refractivity contribution in [3.8, 4) is 0 Å². The van der Waals surface area contributed by atoms with Crippen molar-refractivity contribution in [2.45, 2.75) is 87.9 Å². The first-order valence-corrected chi connectivity index (χ1v) is 11.8. The van der Waals surface area contributed by atoms with Gasteiger partial charge >= 0.3 is 5.97 Å². The monoisotopic (exact) mass is 424 g/mol. The van der Waals surface area contributed by atoms with Crippen molar-refractivity contribution in [2.24, 2.45) is 11.8 Å². The number of aliphatic hydroxyl groups is 3. The topological polar surface area (TPSA) is 98.0 Å². The fraction of sp³-hybridized carbons (Fsp3) is 0.696. The van der Waals surface area contributed by atoms with E-state index in [2.05, 4.69) is 19.1 Å². The Bertz CT molecular complexity index is 623. The van der Waals surface area contributed by atoms with Gasteiger partial charge in [0.05, 0.1) is 18.3 Å². The number of carboxylic acids is 1. The molecule has 0 saturated heterocycles. The van der Waals surface area contributed by atoms with Crippen molar-refractivity contribution < 1.29 is 25.2 Å². The third-order valence-electron chi connectivity index (χ3n) is 5.96. The van der Waals surface area contributed by atoms with E-state index in [9.17, 15) is 20.1 Å². The van der Waals surface area contributed by atoms with E-state index >= 15 is 0 Å². The maximum absolute atomic E-state index is 10.5. The van der Waals surface area contributed by atoms with Gasteiger partial charge in [0.15, 0.2) is 0 Å². The summed E-state index contributed by atoms with van der Waals surface area (Å²) in [4.78, 5) is 11.7. The van der Waals surface area contributed by atoms with Crippen molar-refractivity contribution in [1.29, 1.82) is 0 Å². The van der Waals surface area contributed by atoms with Crippen molar-refractivity contribution in [3.63, 3.8) is 0 Å². The standard InChI is InChI=1S/C23H36O5S/c1-16-7-6-8-18(13-16)29-15-17(24)11-12-20-19(21(25)14-22(20)26)9-4-2-3-5-10-23(27)28/h6-8,13,17,19-22,24-26H,2-5,9-12,14-15H2,1H3,(H,27,28)/t17?,19?,20-,21+,22-/m1/s1. The van der Waals surface area contributed by atoms with Gasteiger partial charge in [-0.05, 0) is 63.0 Å². The third-order valence-corrected chi connectivity index (χ3v) is 7.10. The average molecular weight is 425 g/mol. The Hall–Kier alpha value is -1.08. The van der Waals surface area contributed by atoms with E-state index in [0.29, 0.717) is 25.0 Å². The summed E-state index contributed by atoms with van der Waals surface area (Å²) in [6.45, 7) is 2.06. The average Bonchev–Trinajstić information content (AvgIpc) is 2.93.